The average Bonchev–Trinajstić information content (AvgIpc) is 2.48. The molecule has 0 spiro atoms. The Kier molecular flexibility index (Phi) is 5.35. The summed E-state index contributed by atoms with van der Waals surface area (Å²) >= 11 is 4.65. The fraction of sp³-hybridized carbons (Fsp3) is 0.0714. The van der Waals surface area contributed by atoms with Gasteiger partial charge in [-0.25, -0.2) is 0 Å². The average molecular weight is 367 g/mol. The second-order valence-corrected chi connectivity index (χ2v) is 6.06. The molecule has 0 saturated carbocycles. The van der Waals surface area contributed by atoms with Crippen LogP contribution in [0.4, 0.5) is 11.4 Å². The van der Waals surface area contributed by atoms with Gasteiger partial charge < -0.3 is 5.32 Å². The number of rotatable bonds is 5. The van der Waals surface area contributed by atoms with E-state index in [1.54, 1.807) is 24.3 Å². The molecule has 2 rings (SSSR count). The van der Waals surface area contributed by atoms with Crippen LogP contribution in [0, 0.1) is 10.1 Å². The third-order valence-corrected chi connectivity index (χ3v) is 4.09. The van der Waals surface area contributed by atoms with Crippen molar-refractivity contribution < 1.29 is 9.72 Å². The van der Waals surface area contributed by atoms with Crippen molar-refractivity contribution in [3.63, 3.8) is 0 Å². The Hall–Kier alpha value is -1.86. The van der Waals surface area contributed by atoms with Crippen molar-refractivity contribution in [2.24, 2.45) is 0 Å². The molecule has 108 valence electrons. The predicted octanol–water partition coefficient (Wildman–Crippen LogP) is 4.09. The van der Waals surface area contributed by atoms with E-state index in [2.05, 4.69) is 21.2 Å². The van der Waals surface area contributed by atoms with Gasteiger partial charge in [0.2, 0.25) is 5.91 Å². The number of carbonyl (C=O) groups excluding carboxylic acids is 1. The molecule has 0 aromatic heterocycles. The van der Waals surface area contributed by atoms with Crippen molar-refractivity contribution in [3.05, 3.63) is 63.1 Å². The lowest BCUT2D eigenvalue weighted by Crippen LogP contribution is -2.13. The summed E-state index contributed by atoms with van der Waals surface area (Å²) in [6.45, 7) is 0. The van der Waals surface area contributed by atoms with E-state index in [0.717, 1.165) is 15.1 Å². The summed E-state index contributed by atoms with van der Waals surface area (Å²) in [5.74, 6) is 0.120. The number of halogens is 1. The van der Waals surface area contributed by atoms with Crippen molar-refractivity contribution in [2.75, 3.05) is 11.1 Å². The highest BCUT2D eigenvalue weighted by Gasteiger charge is 2.07. The Balaban J connectivity index is 1.86. The number of benzene rings is 2. The molecule has 0 radical (unpaired) electrons. The second-order valence-electron chi connectivity index (χ2n) is 4.09. The van der Waals surface area contributed by atoms with Gasteiger partial charge in [0.05, 0.1) is 10.7 Å². The molecule has 0 aliphatic carbocycles. The lowest BCUT2D eigenvalue weighted by atomic mass is 10.3. The van der Waals surface area contributed by atoms with E-state index in [-0.39, 0.29) is 17.3 Å². The molecule has 0 aliphatic heterocycles. The van der Waals surface area contributed by atoms with E-state index in [1.807, 2.05) is 12.1 Å². The molecular formula is C14H11BrN2O3S. The number of thioether (sulfide) groups is 1. The van der Waals surface area contributed by atoms with Gasteiger partial charge in [0, 0.05) is 27.2 Å². The molecule has 1 N–H and O–H groups in total. The Bertz CT molecular complexity index is 644. The second kappa shape index (κ2) is 7.24. The lowest BCUT2D eigenvalue weighted by Gasteiger charge is -2.05. The van der Waals surface area contributed by atoms with Gasteiger partial charge in [0.25, 0.3) is 5.69 Å². The first-order chi connectivity index (χ1) is 10.0. The first-order valence-electron chi connectivity index (χ1n) is 5.97. The van der Waals surface area contributed by atoms with Crippen LogP contribution in [0.5, 0.6) is 0 Å². The predicted molar refractivity (Wildman–Crippen MR) is 86.6 cm³/mol. The number of hydrogen-bond donors (Lipinski definition) is 1. The molecule has 0 aliphatic rings. The number of nitrogens with zero attached hydrogens (tertiary/aromatic N) is 1. The molecule has 0 bridgehead atoms. The van der Waals surface area contributed by atoms with Gasteiger partial charge in [0.1, 0.15) is 0 Å². The van der Waals surface area contributed by atoms with Crippen LogP contribution in [0.15, 0.2) is 57.9 Å². The van der Waals surface area contributed by atoms with Crippen molar-refractivity contribution in [1.29, 1.82) is 0 Å². The minimum absolute atomic E-state index is 0.0404. The summed E-state index contributed by atoms with van der Waals surface area (Å²) < 4.78 is 0.945. The lowest BCUT2D eigenvalue weighted by molar-refractivity contribution is -0.384. The first kappa shape index (κ1) is 15.5. The number of hydrogen-bond acceptors (Lipinski definition) is 4. The molecule has 1 amide bonds. The molecule has 0 heterocycles. The molecule has 7 heteroatoms. The van der Waals surface area contributed by atoms with Gasteiger partial charge in [-0.05, 0) is 36.4 Å². The Morgan fingerprint density at radius 3 is 2.33 bits per heavy atom. The zero-order valence-corrected chi connectivity index (χ0v) is 13.2. The van der Waals surface area contributed by atoms with Crippen LogP contribution >= 0.6 is 27.7 Å². The summed E-state index contributed by atoms with van der Waals surface area (Å²) in [5, 5.41) is 13.3. The minimum atomic E-state index is -0.450. The Morgan fingerprint density at radius 2 is 1.76 bits per heavy atom. The summed E-state index contributed by atoms with van der Waals surface area (Å²) in [5.41, 5.74) is 0.770. The van der Waals surface area contributed by atoms with Crippen LogP contribution in [0.2, 0.25) is 0 Å². The summed E-state index contributed by atoms with van der Waals surface area (Å²) in [7, 11) is 0. The number of carbonyl (C=O) groups is 1. The van der Waals surface area contributed by atoms with Crippen LogP contribution in [0.1, 0.15) is 0 Å². The Morgan fingerprint density at radius 1 is 1.14 bits per heavy atom. The first-order valence-corrected chi connectivity index (χ1v) is 7.75. The van der Waals surface area contributed by atoms with Crippen LogP contribution in [0.25, 0.3) is 0 Å². The molecular weight excluding hydrogens is 356 g/mol. The van der Waals surface area contributed by atoms with Gasteiger partial charge in [-0.3, -0.25) is 14.9 Å². The standard InChI is InChI=1S/C14H11BrN2O3S/c15-10-1-3-11(4-2-10)16-14(18)9-21-13-7-5-12(6-8-13)17(19)20/h1-8H,9H2,(H,16,18). The maximum Gasteiger partial charge on any atom is 0.269 e. The van der Waals surface area contributed by atoms with Gasteiger partial charge >= 0.3 is 0 Å². The van der Waals surface area contributed by atoms with E-state index in [4.69, 9.17) is 0 Å². The van der Waals surface area contributed by atoms with E-state index >= 15 is 0 Å². The highest BCUT2D eigenvalue weighted by Crippen LogP contribution is 2.21. The molecule has 2 aromatic rings. The van der Waals surface area contributed by atoms with E-state index in [0.29, 0.717) is 0 Å². The number of nitro benzene ring substituents is 1. The SMILES string of the molecule is O=C(CSc1ccc([N+](=O)[O-])cc1)Nc1ccc(Br)cc1. The van der Waals surface area contributed by atoms with Crippen LogP contribution in [-0.2, 0) is 4.79 Å². The van der Waals surface area contributed by atoms with E-state index in [1.165, 1.54) is 23.9 Å². The monoisotopic (exact) mass is 366 g/mol. The quantitative estimate of drug-likeness (QED) is 0.491. The Labute approximate surface area is 134 Å². The number of nitrogens with one attached hydrogen (secondary N) is 1. The van der Waals surface area contributed by atoms with Gasteiger partial charge in [0.15, 0.2) is 0 Å². The molecule has 0 unspecified atom stereocenters. The molecule has 21 heavy (non-hydrogen) atoms. The third-order valence-electron chi connectivity index (χ3n) is 2.55. The van der Waals surface area contributed by atoms with E-state index in [9.17, 15) is 14.9 Å². The normalized spacial score (nSPS) is 10.1. The molecule has 0 saturated heterocycles. The third kappa shape index (κ3) is 4.87. The minimum Gasteiger partial charge on any atom is -0.325 e. The fourth-order valence-electron chi connectivity index (χ4n) is 1.54. The van der Waals surface area contributed by atoms with Gasteiger partial charge in [-0.1, -0.05) is 15.9 Å². The maximum absolute atomic E-state index is 11.8. The molecule has 0 fully saturated rings. The molecule has 5 nitrogen and oxygen atoms in total. The summed E-state index contributed by atoms with van der Waals surface area (Å²) in [4.78, 5) is 22.7. The zero-order chi connectivity index (χ0) is 15.2. The summed E-state index contributed by atoms with van der Waals surface area (Å²) in [6, 6.07) is 13.4. The molecule has 0 atom stereocenters. The molecule has 2 aromatic carbocycles. The van der Waals surface area contributed by atoms with Crippen LogP contribution in [-0.4, -0.2) is 16.6 Å². The smallest absolute Gasteiger partial charge is 0.269 e. The van der Waals surface area contributed by atoms with Crippen LogP contribution in [0.3, 0.4) is 0 Å². The summed E-state index contributed by atoms with van der Waals surface area (Å²) in [6.07, 6.45) is 0. The number of nitro groups is 1. The fourth-order valence-corrected chi connectivity index (χ4v) is 2.51. The van der Waals surface area contributed by atoms with Gasteiger partial charge in [-0.15, -0.1) is 11.8 Å². The number of anilines is 1. The van der Waals surface area contributed by atoms with Crippen LogP contribution < -0.4 is 5.32 Å². The number of non-ortho nitro benzene ring substituents is 1. The van der Waals surface area contributed by atoms with Crippen molar-refractivity contribution in [2.45, 2.75) is 4.90 Å². The largest absolute Gasteiger partial charge is 0.325 e. The highest BCUT2D eigenvalue weighted by molar-refractivity contribution is 9.10. The topological polar surface area (TPSA) is 72.2 Å². The highest BCUT2D eigenvalue weighted by atomic mass is 79.9. The van der Waals surface area contributed by atoms with Gasteiger partial charge in [-0.2, -0.15) is 0 Å². The maximum atomic E-state index is 11.8. The van der Waals surface area contributed by atoms with E-state index < -0.39 is 4.92 Å². The van der Waals surface area contributed by atoms with Crippen molar-refractivity contribution >= 4 is 45.0 Å². The van der Waals surface area contributed by atoms with Crippen molar-refractivity contribution in [3.8, 4) is 0 Å². The number of amides is 1. The zero-order valence-electron chi connectivity index (χ0n) is 10.8. The van der Waals surface area contributed by atoms with Crippen molar-refractivity contribution in [1.82, 2.24) is 0 Å².